The maximum atomic E-state index is 12.2. The largest absolute Gasteiger partial charge is 0.376 e. The number of nitrogens with one attached hydrogen (secondary N) is 3. The summed E-state index contributed by atoms with van der Waals surface area (Å²) in [5, 5.41) is 8.67. The number of rotatable bonds is 6. The first-order chi connectivity index (χ1) is 13.5. The van der Waals surface area contributed by atoms with Crippen molar-refractivity contribution in [3.8, 4) is 0 Å². The molecule has 2 rings (SSSR count). The predicted octanol–water partition coefficient (Wildman–Crippen LogP) is 2.97. The summed E-state index contributed by atoms with van der Waals surface area (Å²) in [5.74, 6) is -0.501. The molecular formula is C22H28N4O3. The van der Waals surface area contributed by atoms with Gasteiger partial charge in [0, 0.05) is 42.1 Å². The van der Waals surface area contributed by atoms with Gasteiger partial charge in [0.1, 0.15) is 0 Å². The lowest BCUT2D eigenvalue weighted by Crippen LogP contribution is -2.40. The highest BCUT2D eigenvalue weighted by Gasteiger charge is 2.15. The molecule has 0 aliphatic rings. The highest BCUT2D eigenvalue weighted by Crippen LogP contribution is 2.13. The quantitative estimate of drug-likeness (QED) is 0.700. The normalized spacial score (nSPS) is 10.8. The van der Waals surface area contributed by atoms with Crippen LogP contribution in [0.5, 0.6) is 0 Å². The topological polar surface area (TPSA) is 90.5 Å². The molecule has 7 nitrogen and oxygen atoms in total. The molecule has 0 fully saturated rings. The average Bonchev–Trinajstić information content (AvgIpc) is 2.65. The van der Waals surface area contributed by atoms with Gasteiger partial charge >= 0.3 is 0 Å². The van der Waals surface area contributed by atoms with Gasteiger partial charge < -0.3 is 20.9 Å². The summed E-state index contributed by atoms with van der Waals surface area (Å²) in [5.41, 5.74) is 2.04. The van der Waals surface area contributed by atoms with Gasteiger partial charge in [0.15, 0.2) is 0 Å². The third kappa shape index (κ3) is 6.95. The summed E-state index contributed by atoms with van der Waals surface area (Å²) in [7, 11) is 3.38. The first-order valence-corrected chi connectivity index (χ1v) is 9.33. The monoisotopic (exact) mass is 396 g/mol. The second kappa shape index (κ2) is 9.23. The van der Waals surface area contributed by atoms with Crippen molar-refractivity contribution >= 4 is 29.1 Å². The number of hydrogen-bond donors (Lipinski definition) is 3. The van der Waals surface area contributed by atoms with Crippen LogP contribution in [0.4, 0.5) is 11.4 Å². The first-order valence-electron chi connectivity index (χ1n) is 9.33. The van der Waals surface area contributed by atoms with Crippen molar-refractivity contribution in [1.82, 2.24) is 10.2 Å². The zero-order chi connectivity index (χ0) is 21.6. The smallest absolute Gasteiger partial charge is 0.253 e. The van der Waals surface area contributed by atoms with E-state index in [4.69, 9.17) is 0 Å². The number of carbonyl (C=O) groups is 3. The first kappa shape index (κ1) is 21.9. The van der Waals surface area contributed by atoms with E-state index in [0.717, 1.165) is 0 Å². The maximum absolute atomic E-state index is 12.2. The third-order valence-electron chi connectivity index (χ3n) is 3.89. The molecule has 154 valence electrons. The fourth-order valence-electron chi connectivity index (χ4n) is 2.53. The third-order valence-corrected chi connectivity index (χ3v) is 3.89. The summed E-state index contributed by atoms with van der Waals surface area (Å²) in [6.07, 6.45) is 0. The summed E-state index contributed by atoms with van der Waals surface area (Å²) in [6, 6.07) is 13.7. The van der Waals surface area contributed by atoms with Crippen molar-refractivity contribution in [3.05, 3.63) is 59.7 Å². The minimum absolute atomic E-state index is 0.0475. The van der Waals surface area contributed by atoms with E-state index < -0.39 is 0 Å². The number of hydrogen-bond acceptors (Lipinski definition) is 4. The molecule has 2 aromatic carbocycles. The number of carbonyl (C=O) groups excluding carboxylic acids is 3. The molecule has 0 saturated carbocycles. The van der Waals surface area contributed by atoms with Gasteiger partial charge in [0.25, 0.3) is 11.8 Å². The minimum Gasteiger partial charge on any atom is -0.376 e. The van der Waals surface area contributed by atoms with E-state index >= 15 is 0 Å². The highest BCUT2D eigenvalue weighted by molar-refractivity contribution is 5.97. The Balaban J connectivity index is 1.91. The molecule has 0 atom stereocenters. The zero-order valence-electron chi connectivity index (χ0n) is 17.5. The predicted molar refractivity (Wildman–Crippen MR) is 115 cm³/mol. The molecule has 0 aliphatic heterocycles. The Morgan fingerprint density at radius 1 is 0.897 bits per heavy atom. The number of benzene rings is 2. The standard InChI is InChI=1S/C22H28N4O3/c1-22(2,3)25-20(28)15-9-11-17(12-10-15)24-19(27)14-23-18-8-6-7-16(13-18)21(29)26(4)5/h6-13,23H,14H2,1-5H3,(H,24,27)(H,25,28). The molecule has 0 aromatic heterocycles. The summed E-state index contributed by atoms with van der Waals surface area (Å²) >= 11 is 0. The molecule has 3 N–H and O–H groups in total. The van der Waals surface area contributed by atoms with Crippen LogP contribution in [-0.4, -0.2) is 48.8 Å². The number of amides is 3. The average molecular weight is 396 g/mol. The van der Waals surface area contributed by atoms with E-state index in [1.54, 1.807) is 62.6 Å². The fourth-order valence-corrected chi connectivity index (χ4v) is 2.53. The molecule has 7 heteroatoms. The van der Waals surface area contributed by atoms with Crippen molar-refractivity contribution in [3.63, 3.8) is 0 Å². The van der Waals surface area contributed by atoms with Crippen LogP contribution in [0, 0.1) is 0 Å². The van der Waals surface area contributed by atoms with Crippen LogP contribution in [0.1, 0.15) is 41.5 Å². The van der Waals surface area contributed by atoms with Crippen LogP contribution >= 0.6 is 0 Å². The molecule has 29 heavy (non-hydrogen) atoms. The van der Waals surface area contributed by atoms with Crippen molar-refractivity contribution in [2.45, 2.75) is 26.3 Å². The lowest BCUT2D eigenvalue weighted by atomic mass is 10.1. The Morgan fingerprint density at radius 2 is 1.55 bits per heavy atom. The number of anilines is 2. The van der Waals surface area contributed by atoms with Gasteiger partial charge in [-0.25, -0.2) is 0 Å². The van der Waals surface area contributed by atoms with Crippen LogP contribution in [-0.2, 0) is 4.79 Å². The molecule has 0 unspecified atom stereocenters. The Labute approximate surface area is 171 Å². The van der Waals surface area contributed by atoms with Gasteiger partial charge in [0.2, 0.25) is 5.91 Å². The van der Waals surface area contributed by atoms with Crippen molar-refractivity contribution in [1.29, 1.82) is 0 Å². The fraction of sp³-hybridized carbons (Fsp3) is 0.318. The second-order valence-electron chi connectivity index (χ2n) is 7.96. The van der Waals surface area contributed by atoms with Gasteiger partial charge in [-0.3, -0.25) is 14.4 Å². The van der Waals surface area contributed by atoms with Crippen LogP contribution in [0.2, 0.25) is 0 Å². The molecule has 0 radical (unpaired) electrons. The maximum Gasteiger partial charge on any atom is 0.253 e. The van der Waals surface area contributed by atoms with Gasteiger partial charge in [0.05, 0.1) is 6.54 Å². The van der Waals surface area contributed by atoms with E-state index in [9.17, 15) is 14.4 Å². The second-order valence-corrected chi connectivity index (χ2v) is 7.96. The zero-order valence-corrected chi connectivity index (χ0v) is 17.5. The molecule has 0 heterocycles. The minimum atomic E-state index is -0.315. The van der Waals surface area contributed by atoms with Crippen molar-refractivity contribution in [2.75, 3.05) is 31.3 Å². The SMILES string of the molecule is CN(C)C(=O)c1cccc(NCC(=O)Nc2ccc(C(=O)NC(C)(C)C)cc2)c1. The van der Waals surface area contributed by atoms with Gasteiger partial charge in [-0.2, -0.15) is 0 Å². The lowest BCUT2D eigenvalue weighted by molar-refractivity contribution is -0.114. The van der Waals surface area contributed by atoms with Crippen LogP contribution in [0.15, 0.2) is 48.5 Å². The van der Waals surface area contributed by atoms with E-state index in [2.05, 4.69) is 16.0 Å². The Morgan fingerprint density at radius 3 is 2.14 bits per heavy atom. The van der Waals surface area contributed by atoms with Gasteiger partial charge in [-0.1, -0.05) is 6.07 Å². The van der Waals surface area contributed by atoms with Crippen molar-refractivity contribution < 1.29 is 14.4 Å². The van der Waals surface area contributed by atoms with Crippen LogP contribution in [0.25, 0.3) is 0 Å². The van der Waals surface area contributed by atoms with E-state index in [0.29, 0.717) is 22.5 Å². The van der Waals surface area contributed by atoms with Crippen LogP contribution < -0.4 is 16.0 Å². The van der Waals surface area contributed by atoms with E-state index in [1.807, 2.05) is 20.8 Å². The molecular weight excluding hydrogens is 368 g/mol. The Bertz CT molecular complexity index is 884. The Hall–Kier alpha value is -3.35. The summed E-state index contributed by atoms with van der Waals surface area (Å²) < 4.78 is 0. The highest BCUT2D eigenvalue weighted by atomic mass is 16.2. The van der Waals surface area contributed by atoms with Gasteiger partial charge in [-0.15, -0.1) is 0 Å². The van der Waals surface area contributed by atoms with Gasteiger partial charge in [-0.05, 0) is 63.2 Å². The van der Waals surface area contributed by atoms with Crippen molar-refractivity contribution in [2.24, 2.45) is 0 Å². The number of nitrogens with zero attached hydrogens (tertiary/aromatic N) is 1. The molecule has 0 saturated heterocycles. The molecule has 0 spiro atoms. The lowest BCUT2D eigenvalue weighted by Gasteiger charge is -2.20. The molecule has 0 bridgehead atoms. The molecule has 0 aliphatic carbocycles. The van der Waals surface area contributed by atoms with E-state index in [-0.39, 0.29) is 29.8 Å². The Kier molecular flexibility index (Phi) is 6.98. The van der Waals surface area contributed by atoms with E-state index in [1.165, 1.54) is 4.90 Å². The van der Waals surface area contributed by atoms with Crippen LogP contribution in [0.3, 0.4) is 0 Å². The summed E-state index contributed by atoms with van der Waals surface area (Å²) in [6.45, 7) is 5.79. The summed E-state index contributed by atoms with van der Waals surface area (Å²) in [4.78, 5) is 37.8. The molecule has 3 amide bonds. The molecule has 2 aromatic rings.